The molecule has 0 bridgehead atoms. The van der Waals surface area contributed by atoms with E-state index in [0.717, 1.165) is 36.0 Å². The van der Waals surface area contributed by atoms with Crippen molar-refractivity contribution in [2.45, 2.75) is 148 Å². The van der Waals surface area contributed by atoms with Crippen molar-refractivity contribution in [3.05, 3.63) is 66.5 Å². The molecule has 0 fully saturated rings. The van der Waals surface area contributed by atoms with Crippen molar-refractivity contribution in [3.63, 3.8) is 0 Å². The van der Waals surface area contributed by atoms with Crippen LogP contribution < -0.4 is 4.74 Å². The van der Waals surface area contributed by atoms with Gasteiger partial charge in [0.1, 0.15) is 18.5 Å². The maximum atomic E-state index is 14.3. The Bertz CT molecular complexity index is 1100. The summed E-state index contributed by atoms with van der Waals surface area (Å²) in [6.07, 6.45) is 28.1. The minimum absolute atomic E-state index is 0.110. The van der Waals surface area contributed by atoms with Gasteiger partial charge >= 0.3 is 0 Å². The SMILES string of the molecule is CCCCCCCCCCCCc1ccc(-c2cnc(-c3ccc(OCC(F)CCCCCCCCCC)cc3)nc2)cc1. The molecule has 0 spiro atoms. The molecule has 0 aliphatic carbocycles. The van der Waals surface area contributed by atoms with Crippen molar-refractivity contribution < 1.29 is 9.13 Å². The van der Waals surface area contributed by atoms with Crippen LogP contribution in [0.1, 0.15) is 141 Å². The first kappa shape index (κ1) is 35.7. The summed E-state index contributed by atoms with van der Waals surface area (Å²) in [5, 5.41) is 0. The molecule has 0 N–H and O–H groups in total. The van der Waals surface area contributed by atoms with Crippen molar-refractivity contribution in [2.24, 2.45) is 0 Å². The molecule has 1 aromatic heterocycles. The number of benzene rings is 2. The number of alkyl halides is 1. The third-order valence-electron chi connectivity index (χ3n) is 8.67. The molecule has 4 heteroatoms. The molecule has 1 heterocycles. The van der Waals surface area contributed by atoms with Gasteiger partial charge in [-0.2, -0.15) is 0 Å². The first-order valence-corrected chi connectivity index (χ1v) is 18.0. The van der Waals surface area contributed by atoms with Crippen LogP contribution in [0.4, 0.5) is 4.39 Å². The van der Waals surface area contributed by atoms with E-state index in [0.29, 0.717) is 18.0 Å². The van der Waals surface area contributed by atoms with Crippen LogP contribution >= 0.6 is 0 Å². The lowest BCUT2D eigenvalue weighted by Crippen LogP contribution is -2.12. The molecule has 0 saturated carbocycles. The Morgan fingerprint density at radius 1 is 0.545 bits per heavy atom. The molecule has 3 nitrogen and oxygen atoms in total. The van der Waals surface area contributed by atoms with Crippen molar-refractivity contribution in [3.8, 4) is 28.3 Å². The van der Waals surface area contributed by atoms with Crippen LogP contribution in [0.25, 0.3) is 22.5 Å². The fourth-order valence-electron chi connectivity index (χ4n) is 5.78. The number of hydrogen-bond acceptors (Lipinski definition) is 3. The van der Waals surface area contributed by atoms with Crippen LogP contribution in [0.3, 0.4) is 0 Å². The molecule has 0 radical (unpaired) electrons. The van der Waals surface area contributed by atoms with Gasteiger partial charge in [-0.25, -0.2) is 14.4 Å². The maximum absolute atomic E-state index is 14.3. The van der Waals surface area contributed by atoms with Gasteiger partial charge in [0.25, 0.3) is 0 Å². The Kier molecular flexibility index (Phi) is 18.4. The Morgan fingerprint density at radius 2 is 1.02 bits per heavy atom. The van der Waals surface area contributed by atoms with Crippen molar-refractivity contribution in [2.75, 3.05) is 6.61 Å². The van der Waals surface area contributed by atoms with Gasteiger partial charge in [-0.3, -0.25) is 0 Å². The normalized spacial score (nSPS) is 12.0. The number of nitrogens with zero attached hydrogens (tertiary/aromatic N) is 2. The predicted octanol–water partition coefficient (Wildman–Crippen LogP) is 12.5. The van der Waals surface area contributed by atoms with Crippen LogP contribution in [0.5, 0.6) is 5.75 Å². The largest absolute Gasteiger partial charge is 0.491 e. The third-order valence-corrected chi connectivity index (χ3v) is 8.67. The van der Waals surface area contributed by atoms with Gasteiger partial charge < -0.3 is 4.74 Å². The molecule has 0 aliphatic heterocycles. The molecular formula is C40H59FN2O. The summed E-state index contributed by atoms with van der Waals surface area (Å²) in [7, 11) is 0. The highest BCUT2D eigenvalue weighted by atomic mass is 19.1. The molecule has 3 aromatic rings. The summed E-state index contributed by atoms with van der Waals surface area (Å²) >= 11 is 0. The zero-order valence-electron chi connectivity index (χ0n) is 27.9. The Balaban J connectivity index is 1.32. The number of ether oxygens (including phenoxy) is 1. The summed E-state index contributed by atoms with van der Waals surface area (Å²) in [6, 6.07) is 16.5. The molecule has 1 atom stereocenters. The van der Waals surface area contributed by atoms with E-state index in [-0.39, 0.29) is 6.61 Å². The van der Waals surface area contributed by atoms with E-state index in [1.165, 1.54) is 108 Å². The fourth-order valence-corrected chi connectivity index (χ4v) is 5.78. The lowest BCUT2D eigenvalue weighted by Gasteiger charge is -2.11. The summed E-state index contributed by atoms with van der Waals surface area (Å²) in [6.45, 7) is 4.63. The average Bonchev–Trinajstić information content (AvgIpc) is 3.06. The van der Waals surface area contributed by atoms with Crippen LogP contribution in [0, 0.1) is 0 Å². The molecule has 0 amide bonds. The third kappa shape index (κ3) is 14.8. The highest BCUT2D eigenvalue weighted by Gasteiger charge is 2.09. The standard InChI is InChI=1S/C40H59FN2O/c1-3-5-7-9-11-13-14-15-17-19-21-34-23-25-35(26-24-34)37-31-42-40(43-32-37)36-27-29-39(30-28-36)44-33-38(41)22-20-18-16-12-10-8-6-4-2/h23-32,38H,3-22,33H2,1-2H3. The van der Waals surface area contributed by atoms with E-state index >= 15 is 0 Å². The monoisotopic (exact) mass is 602 g/mol. The van der Waals surface area contributed by atoms with Gasteiger partial charge in [0, 0.05) is 23.5 Å². The van der Waals surface area contributed by atoms with E-state index in [4.69, 9.17) is 4.74 Å². The Labute approximate surface area is 268 Å². The van der Waals surface area contributed by atoms with E-state index in [2.05, 4.69) is 48.1 Å². The number of halogens is 1. The summed E-state index contributed by atoms with van der Waals surface area (Å²) < 4.78 is 20.0. The van der Waals surface area contributed by atoms with Gasteiger partial charge in [-0.15, -0.1) is 0 Å². The van der Waals surface area contributed by atoms with Crippen LogP contribution in [-0.2, 0) is 6.42 Å². The van der Waals surface area contributed by atoms with Crippen LogP contribution in [-0.4, -0.2) is 22.7 Å². The van der Waals surface area contributed by atoms with Crippen LogP contribution in [0.2, 0.25) is 0 Å². The topological polar surface area (TPSA) is 35.0 Å². The maximum Gasteiger partial charge on any atom is 0.159 e. The first-order valence-electron chi connectivity index (χ1n) is 18.0. The smallest absolute Gasteiger partial charge is 0.159 e. The molecular weight excluding hydrogens is 543 g/mol. The molecule has 3 rings (SSSR count). The first-order chi connectivity index (χ1) is 21.7. The highest BCUT2D eigenvalue weighted by Crippen LogP contribution is 2.24. The summed E-state index contributed by atoms with van der Waals surface area (Å²) in [5.74, 6) is 1.36. The molecule has 242 valence electrons. The van der Waals surface area contributed by atoms with E-state index < -0.39 is 6.17 Å². The average molecular weight is 603 g/mol. The molecule has 0 aliphatic rings. The van der Waals surface area contributed by atoms with Crippen LogP contribution in [0.15, 0.2) is 60.9 Å². The minimum Gasteiger partial charge on any atom is -0.491 e. The second-order valence-corrected chi connectivity index (χ2v) is 12.6. The number of hydrogen-bond donors (Lipinski definition) is 0. The Morgan fingerprint density at radius 3 is 1.57 bits per heavy atom. The van der Waals surface area contributed by atoms with Crippen molar-refractivity contribution in [1.29, 1.82) is 0 Å². The Hall–Kier alpha value is -2.75. The summed E-state index contributed by atoms with van der Waals surface area (Å²) in [5.41, 5.74) is 4.48. The van der Waals surface area contributed by atoms with E-state index in [1.54, 1.807) is 0 Å². The van der Waals surface area contributed by atoms with Crippen molar-refractivity contribution >= 4 is 0 Å². The molecule has 2 aromatic carbocycles. The molecule has 1 unspecified atom stereocenters. The quantitative estimate of drug-likeness (QED) is 0.0905. The van der Waals surface area contributed by atoms with Gasteiger partial charge in [0.15, 0.2) is 5.82 Å². The molecule has 44 heavy (non-hydrogen) atoms. The van der Waals surface area contributed by atoms with E-state index in [9.17, 15) is 4.39 Å². The predicted molar refractivity (Wildman–Crippen MR) is 186 cm³/mol. The second-order valence-electron chi connectivity index (χ2n) is 12.6. The minimum atomic E-state index is -0.917. The number of aromatic nitrogens is 2. The second kappa shape index (κ2) is 22.7. The van der Waals surface area contributed by atoms with Gasteiger partial charge in [-0.05, 0) is 54.7 Å². The highest BCUT2D eigenvalue weighted by molar-refractivity contribution is 5.64. The lowest BCUT2D eigenvalue weighted by molar-refractivity contribution is 0.184. The van der Waals surface area contributed by atoms with Crippen molar-refractivity contribution in [1.82, 2.24) is 9.97 Å². The molecule has 0 saturated heterocycles. The number of rotatable bonds is 25. The fraction of sp³-hybridized carbons (Fsp3) is 0.600. The van der Waals surface area contributed by atoms with Gasteiger partial charge in [0.2, 0.25) is 0 Å². The number of unbranched alkanes of at least 4 members (excludes halogenated alkanes) is 16. The van der Waals surface area contributed by atoms with Gasteiger partial charge in [0.05, 0.1) is 0 Å². The zero-order chi connectivity index (χ0) is 31.1. The van der Waals surface area contributed by atoms with E-state index in [1.807, 2.05) is 36.7 Å². The lowest BCUT2D eigenvalue weighted by atomic mass is 10.0. The number of aryl methyl sites for hydroxylation is 1. The summed E-state index contributed by atoms with van der Waals surface area (Å²) in [4.78, 5) is 9.23. The van der Waals surface area contributed by atoms with Gasteiger partial charge in [-0.1, -0.05) is 147 Å². The zero-order valence-corrected chi connectivity index (χ0v) is 27.9.